The first-order valence-corrected chi connectivity index (χ1v) is 7.22. The summed E-state index contributed by atoms with van der Waals surface area (Å²) in [6.45, 7) is 5.26. The second-order valence-corrected chi connectivity index (χ2v) is 5.83. The van der Waals surface area contributed by atoms with Crippen molar-refractivity contribution in [2.45, 2.75) is 39.3 Å². The number of thiophene rings is 1. The third kappa shape index (κ3) is 3.65. The van der Waals surface area contributed by atoms with Crippen molar-refractivity contribution in [2.24, 2.45) is 11.7 Å². The van der Waals surface area contributed by atoms with Crippen LogP contribution in [-0.2, 0) is 19.4 Å². The van der Waals surface area contributed by atoms with Crippen LogP contribution in [0.2, 0.25) is 0 Å². The molecule has 1 unspecified atom stereocenters. The molecule has 98 valence electrons. The van der Waals surface area contributed by atoms with Gasteiger partial charge >= 0.3 is 0 Å². The Balaban J connectivity index is 1.94. The van der Waals surface area contributed by atoms with Crippen LogP contribution in [0.3, 0.4) is 0 Å². The lowest BCUT2D eigenvalue weighted by molar-refractivity contribution is 0.457. The van der Waals surface area contributed by atoms with Crippen molar-refractivity contribution >= 4 is 11.3 Å². The summed E-state index contributed by atoms with van der Waals surface area (Å²) in [5.41, 5.74) is 7.49. The van der Waals surface area contributed by atoms with Crippen molar-refractivity contribution in [2.75, 3.05) is 0 Å². The third-order valence-corrected chi connectivity index (χ3v) is 3.49. The quantitative estimate of drug-likeness (QED) is 0.869. The lowest BCUT2D eigenvalue weighted by Gasteiger charge is -2.12. The van der Waals surface area contributed by atoms with E-state index >= 15 is 0 Å². The predicted molar refractivity (Wildman–Crippen MR) is 74.6 cm³/mol. The Hall–Kier alpha value is -1.20. The van der Waals surface area contributed by atoms with E-state index in [2.05, 4.69) is 40.8 Å². The summed E-state index contributed by atoms with van der Waals surface area (Å²) in [6.07, 6.45) is 3.30. The van der Waals surface area contributed by atoms with E-state index in [1.807, 2.05) is 4.68 Å². The molecule has 0 aliphatic heterocycles. The molecule has 0 spiro atoms. The largest absolute Gasteiger partial charge is 0.327 e. The van der Waals surface area contributed by atoms with Gasteiger partial charge in [0.05, 0.1) is 0 Å². The van der Waals surface area contributed by atoms with Crippen LogP contribution >= 0.6 is 11.3 Å². The van der Waals surface area contributed by atoms with Crippen LogP contribution < -0.4 is 5.73 Å². The Morgan fingerprint density at radius 1 is 1.39 bits per heavy atom. The minimum atomic E-state index is 0.106. The number of nitrogens with zero attached hydrogens (tertiary/aromatic N) is 3. The van der Waals surface area contributed by atoms with E-state index in [1.165, 1.54) is 5.56 Å². The third-order valence-electron chi connectivity index (χ3n) is 2.76. The van der Waals surface area contributed by atoms with Crippen LogP contribution in [0.1, 0.15) is 25.2 Å². The molecule has 18 heavy (non-hydrogen) atoms. The fraction of sp³-hybridized carbons (Fsp3) is 0.538. The fourth-order valence-electron chi connectivity index (χ4n) is 1.96. The molecule has 0 radical (unpaired) electrons. The average Bonchev–Trinajstić information content (AvgIpc) is 2.91. The van der Waals surface area contributed by atoms with E-state index < -0.39 is 0 Å². The predicted octanol–water partition coefficient (Wildman–Crippen LogP) is 2.11. The van der Waals surface area contributed by atoms with Crippen LogP contribution in [0, 0.1) is 5.92 Å². The minimum Gasteiger partial charge on any atom is -0.327 e. The highest BCUT2D eigenvalue weighted by atomic mass is 32.1. The number of nitrogens with two attached hydrogens (primary N) is 1. The standard InChI is InChI=1S/C13H20N4S/c1-10(2)7-17-13(15-9-16-17)6-12(14)5-11-3-4-18-8-11/h3-4,8-10,12H,5-7,14H2,1-2H3. The first kappa shape index (κ1) is 13.2. The molecule has 2 aromatic heterocycles. The van der Waals surface area contributed by atoms with Gasteiger partial charge < -0.3 is 5.73 Å². The zero-order chi connectivity index (χ0) is 13.0. The Labute approximate surface area is 112 Å². The molecule has 2 heterocycles. The number of aromatic nitrogens is 3. The summed E-state index contributed by atoms with van der Waals surface area (Å²) in [7, 11) is 0. The first-order chi connectivity index (χ1) is 8.65. The van der Waals surface area contributed by atoms with Crippen LogP contribution in [0.25, 0.3) is 0 Å². The Morgan fingerprint density at radius 3 is 2.89 bits per heavy atom. The smallest absolute Gasteiger partial charge is 0.138 e. The monoisotopic (exact) mass is 264 g/mol. The molecule has 2 N–H and O–H groups in total. The second kappa shape index (κ2) is 6.11. The van der Waals surface area contributed by atoms with Gasteiger partial charge in [-0.25, -0.2) is 9.67 Å². The maximum Gasteiger partial charge on any atom is 0.138 e. The molecule has 0 saturated carbocycles. The SMILES string of the molecule is CC(C)Cn1ncnc1CC(N)Cc1ccsc1. The molecule has 4 nitrogen and oxygen atoms in total. The molecule has 2 aromatic rings. The first-order valence-electron chi connectivity index (χ1n) is 6.28. The molecule has 5 heteroatoms. The molecule has 2 rings (SSSR count). The molecule has 0 saturated heterocycles. The zero-order valence-corrected chi connectivity index (χ0v) is 11.7. The van der Waals surface area contributed by atoms with E-state index in [1.54, 1.807) is 17.7 Å². The highest BCUT2D eigenvalue weighted by Gasteiger charge is 2.11. The second-order valence-electron chi connectivity index (χ2n) is 5.05. The lowest BCUT2D eigenvalue weighted by Crippen LogP contribution is -2.27. The summed E-state index contributed by atoms with van der Waals surface area (Å²) in [6, 6.07) is 2.23. The van der Waals surface area contributed by atoms with E-state index in [9.17, 15) is 0 Å². The van der Waals surface area contributed by atoms with Gasteiger partial charge in [-0.05, 0) is 34.7 Å². The van der Waals surface area contributed by atoms with Crippen LogP contribution in [0.4, 0.5) is 0 Å². The van der Waals surface area contributed by atoms with E-state index in [4.69, 9.17) is 5.73 Å². The van der Waals surface area contributed by atoms with Gasteiger partial charge in [-0.15, -0.1) is 0 Å². The Bertz CT molecular complexity index is 461. The van der Waals surface area contributed by atoms with Gasteiger partial charge in [-0.3, -0.25) is 0 Å². The summed E-state index contributed by atoms with van der Waals surface area (Å²) in [4.78, 5) is 4.31. The minimum absolute atomic E-state index is 0.106. The van der Waals surface area contributed by atoms with Gasteiger partial charge in [0, 0.05) is 19.0 Å². The number of hydrogen-bond donors (Lipinski definition) is 1. The molecule has 0 aliphatic rings. The van der Waals surface area contributed by atoms with Crippen molar-refractivity contribution in [3.05, 3.63) is 34.5 Å². The van der Waals surface area contributed by atoms with Gasteiger partial charge in [0.15, 0.2) is 0 Å². The normalized spacial score (nSPS) is 13.1. The van der Waals surface area contributed by atoms with Crippen LogP contribution in [-0.4, -0.2) is 20.8 Å². The summed E-state index contributed by atoms with van der Waals surface area (Å²) < 4.78 is 1.97. The molecule has 0 aliphatic carbocycles. The topological polar surface area (TPSA) is 56.7 Å². The van der Waals surface area contributed by atoms with Crippen LogP contribution in [0.5, 0.6) is 0 Å². The summed E-state index contributed by atoms with van der Waals surface area (Å²) >= 11 is 1.71. The molecule has 0 aromatic carbocycles. The molecule has 0 fully saturated rings. The van der Waals surface area contributed by atoms with Crippen molar-refractivity contribution in [3.8, 4) is 0 Å². The van der Waals surface area contributed by atoms with Gasteiger partial charge in [-0.1, -0.05) is 13.8 Å². The summed E-state index contributed by atoms with van der Waals surface area (Å²) in [5, 5.41) is 8.50. The fourth-order valence-corrected chi connectivity index (χ4v) is 2.64. The van der Waals surface area contributed by atoms with E-state index in [-0.39, 0.29) is 6.04 Å². The lowest BCUT2D eigenvalue weighted by atomic mass is 10.1. The molecular weight excluding hydrogens is 244 g/mol. The maximum atomic E-state index is 6.18. The van der Waals surface area contributed by atoms with Crippen molar-refractivity contribution < 1.29 is 0 Å². The van der Waals surface area contributed by atoms with E-state index in [0.717, 1.165) is 25.2 Å². The van der Waals surface area contributed by atoms with Gasteiger partial charge in [0.2, 0.25) is 0 Å². The number of rotatable bonds is 6. The highest BCUT2D eigenvalue weighted by Crippen LogP contribution is 2.10. The molecule has 1 atom stereocenters. The molecule has 0 bridgehead atoms. The van der Waals surface area contributed by atoms with Crippen molar-refractivity contribution in [3.63, 3.8) is 0 Å². The zero-order valence-electron chi connectivity index (χ0n) is 10.9. The van der Waals surface area contributed by atoms with Gasteiger partial charge in [0.25, 0.3) is 0 Å². The van der Waals surface area contributed by atoms with Crippen LogP contribution in [0.15, 0.2) is 23.2 Å². The number of hydrogen-bond acceptors (Lipinski definition) is 4. The Morgan fingerprint density at radius 2 is 2.22 bits per heavy atom. The molecule has 0 amide bonds. The highest BCUT2D eigenvalue weighted by molar-refractivity contribution is 7.07. The van der Waals surface area contributed by atoms with Crippen molar-refractivity contribution in [1.29, 1.82) is 0 Å². The Kier molecular flexibility index (Phi) is 4.49. The summed E-state index contributed by atoms with van der Waals surface area (Å²) in [5.74, 6) is 1.56. The maximum absolute atomic E-state index is 6.18. The van der Waals surface area contributed by atoms with Crippen molar-refractivity contribution in [1.82, 2.24) is 14.8 Å². The average molecular weight is 264 g/mol. The van der Waals surface area contributed by atoms with Gasteiger partial charge in [0.1, 0.15) is 12.2 Å². The van der Waals surface area contributed by atoms with E-state index in [0.29, 0.717) is 5.92 Å². The van der Waals surface area contributed by atoms with Gasteiger partial charge in [-0.2, -0.15) is 16.4 Å². The molecular formula is C13H20N4S.